The Morgan fingerprint density at radius 1 is 1.03 bits per heavy atom. The van der Waals surface area contributed by atoms with Crippen LogP contribution in [0.3, 0.4) is 0 Å². The lowest BCUT2D eigenvalue weighted by Gasteiger charge is -2.10. The number of hydrogen-bond donors (Lipinski definition) is 2. The summed E-state index contributed by atoms with van der Waals surface area (Å²) in [7, 11) is 0. The smallest absolute Gasteiger partial charge is 0.325 e. The highest BCUT2D eigenvalue weighted by molar-refractivity contribution is 6.36. The van der Waals surface area contributed by atoms with Crippen molar-refractivity contribution in [2.45, 2.75) is 19.0 Å². The zero-order valence-electron chi connectivity index (χ0n) is 14.3. The summed E-state index contributed by atoms with van der Waals surface area (Å²) in [6.07, 6.45) is -5.21. The van der Waals surface area contributed by atoms with Crippen molar-refractivity contribution in [3.05, 3.63) is 62.1 Å². The van der Waals surface area contributed by atoms with E-state index in [1.165, 1.54) is 29.6 Å². The third-order valence-corrected chi connectivity index (χ3v) is 4.16. The minimum absolute atomic E-state index is 0.0609. The zero-order valence-corrected chi connectivity index (χ0v) is 15.9. The first-order valence-corrected chi connectivity index (χ1v) is 8.63. The summed E-state index contributed by atoms with van der Waals surface area (Å²) in [6.45, 7) is 0. The molecule has 0 aromatic heterocycles. The van der Waals surface area contributed by atoms with E-state index in [-0.39, 0.29) is 17.9 Å². The molecule has 0 bridgehead atoms. The molecular formula is C17H12Cl2F3N3O4. The molecule has 0 spiro atoms. The number of halogens is 5. The van der Waals surface area contributed by atoms with Gasteiger partial charge in [0.15, 0.2) is 0 Å². The molecule has 2 N–H and O–H groups in total. The van der Waals surface area contributed by atoms with Crippen molar-refractivity contribution >= 4 is 52.1 Å². The van der Waals surface area contributed by atoms with Gasteiger partial charge in [0.05, 0.1) is 15.6 Å². The number of nitrogens with one attached hydrogen (secondary N) is 2. The van der Waals surface area contributed by atoms with Crippen LogP contribution < -0.4 is 10.6 Å². The third-order valence-electron chi connectivity index (χ3n) is 3.61. The van der Waals surface area contributed by atoms with Gasteiger partial charge in [-0.05, 0) is 36.2 Å². The Bertz CT molecular complexity index is 967. The van der Waals surface area contributed by atoms with E-state index in [1.807, 2.05) is 0 Å². The van der Waals surface area contributed by atoms with E-state index in [1.54, 1.807) is 0 Å². The van der Waals surface area contributed by atoms with Crippen LogP contribution in [0.15, 0.2) is 36.4 Å². The van der Waals surface area contributed by atoms with E-state index in [2.05, 4.69) is 5.32 Å². The Hall–Kier alpha value is -2.85. The van der Waals surface area contributed by atoms with Crippen LogP contribution in [0.1, 0.15) is 12.0 Å². The number of alkyl halides is 3. The SMILES string of the molecule is O=C(CCc1ccc(NC(=O)C(F)(F)F)c([N+](=O)[O-])c1)Nc1ccc(Cl)cc1Cl. The molecule has 154 valence electrons. The number of carbonyl (C=O) groups is 2. The predicted octanol–water partition coefficient (Wildman–Crippen LogP) is 4.97. The number of hydrogen-bond acceptors (Lipinski definition) is 4. The normalized spacial score (nSPS) is 11.1. The number of carbonyl (C=O) groups excluding carboxylic acids is 2. The molecule has 0 heterocycles. The van der Waals surface area contributed by atoms with Gasteiger partial charge in [-0.3, -0.25) is 19.7 Å². The molecule has 12 heteroatoms. The second-order valence-corrected chi connectivity index (χ2v) is 6.58. The maximum Gasteiger partial charge on any atom is 0.471 e. The second kappa shape index (κ2) is 9.10. The van der Waals surface area contributed by atoms with Gasteiger partial charge in [0.2, 0.25) is 5.91 Å². The molecule has 0 saturated heterocycles. The quantitative estimate of drug-likeness (QED) is 0.479. The largest absolute Gasteiger partial charge is 0.471 e. The molecule has 2 amide bonds. The molecule has 0 radical (unpaired) electrons. The van der Waals surface area contributed by atoms with Gasteiger partial charge in [0, 0.05) is 17.5 Å². The summed E-state index contributed by atoms with van der Waals surface area (Å²) >= 11 is 11.7. The first-order valence-electron chi connectivity index (χ1n) is 7.88. The molecular weight excluding hydrogens is 438 g/mol. The highest BCUT2D eigenvalue weighted by Gasteiger charge is 2.39. The Morgan fingerprint density at radius 2 is 1.69 bits per heavy atom. The van der Waals surface area contributed by atoms with Gasteiger partial charge in [0.25, 0.3) is 5.69 Å². The van der Waals surface area contributed by atoms with Gasteiger partial charge in [-0.1, -0.05) is 29.3 Å². The lowest BCUT2D eigenvalue weighted by molar-refractivity contribution is -0.384. The Labute approximate surface area is 171 Å². The molecule has 0 fully saturated rings. The Balaban J connectivity index is 2.07. The van der Waals surface area contributed by atoms with Crippen molar-refractivity contribution in [1.82, 2.24) is 0 Å². The van der Waals surface area contributed by atoms with E-state index in [9.17, 15) is 32.9 Å². The summed E-state index contributed by atoms with van der Waals surface area (Å²) in [5.74, 6) is -2.76. The van der Waals surface area contributed by atoms with Gasteiger partial charge in [-0.25, -0.2) is 0 Å². The van der Waals surface area contributed by atoms with Crippen LogP contribution in [0.4, 0.5) is 30.2 Å². The lowest BCUT2D eigenvalue weighted by atomic mass is 10.1. The first-order chi connectivity index (χ1) is 13.5. The summed E-state index contributed by atoms with van der Waals surface area (Å²) < 4.78 is 37.0. The number of nitro groups is 1. The maximum atomic E-state index is 12.3. The van der Waals surface area contributed by atoms with E-state index >= 15 is 0 Å². The highest BCUT2D eigenvalue weighted by Crippen LogP contribution is 2.29. The average Bonchev–Trinajstić information content (AvgIpc) is 2.62. The number of rotatable bonds is 6. The van der Waals surface area contributed by atoms with Gasteiger partial charge >= 0.3 is 12.1 Å². The van der Waals surface area contributed by atoms with E-state index in [4.69, 9.17) is 23.2 Å². The minimum Gasteiger partial charge on any atom is -0.325 e. The number of nitro benzene ring substituents is 1. The maximum absolute atomic E-state index is 12.3. The molecule has 0 aliphatic heterocycles. The Kier molecular flexibility index (Phi) is 7.04. The second-order valence-electron chi connectivity index (χ2n) is 5.73. The summed E-state index contributed by atoms with van der Waals surface area (Å²) in [5, 5.41) is 15.7. The molecule has 7 nitrogen and oxygen atoms in total. The van der Waals surface area contributed by atoms with Crippen LogP contribution >= 0.6 is 23.2 Å². The number of amides is 2. The number of anilines is 2. The minimum atomic E-state index is -5.19. The molecule has 0 saturated carbocycles. The first kappa shape index (κ1) is 22.4. The van der Waals surface area contributed by atoms with Gasteiger partial charge in [-0.15, -0.1) is 0 Å². The van der Waals surface area contributed by atoms with Crippen molar-refractivity contribution in [1.29, 1.82) is 0 Å². The average molecular weight is 450 g/mol. The number of aryl methyl sites for hydroxylation is 1. The van der Waals surface area contributed by atoms with E-state index in [0.29, 0.717) is 16.3 Å². The van der Waals surface area contributed by atoms with Crippen molar-refractivity contribution in [3.8, 4) is 0 Å². The molecule has 0 atom stereocenters. The molecule has 0 unspecified atom stereocenters. The van der Waals surface area contributed by atoms with E-state index in [0.717, 1.165) is 12.1 Å². The molecule has 2 aromatic rings. The van der Waals surface area contributed by atoms with Gasteiger partial charge < -0.3 is 10.6 Å². The third kappa shape index (κ3) is 6.33. The summed E-state index contributed by atoms with van der Waals surface area (Å²) in [5.41, 5.74) is -0.670. The van der Waals surface area contributed by atoms with Crippen LogP contribution in [0.25, 0.3) is 0 Å². The Morgan fingerprint density at radius 3 is 2.28 bits per heavy atom. The fourth-order valence-electron chi connectivity index (χ4n) is 2.24. The molecule has 2 rings (SSSR count). The predicted molar refractivity (Wildman–Crippen MR) is 101 cm³/mol. The fraction of sp³-hybridized carbons (Fsp3) is 0.176. The van der Waals surface area contributed by atoms with Crippen LogP contribution in [0.5, 0.6) is 0 Å². The van der Waals surface area contributed by atoms with Crippen LogP contribution in [0.2, 0.25) is 10.0 Å². The van der Waals surface area contributed by atoms with Crippen LogP contribution in [-0.4, -0.2) is 22.9 Å². The highest BCUT2D eigenvalue weighted by atomic mass is 35.5. The molecule has 2 aromatic carbocycles. The van der Waals surface area contributed by atoms with Crippen molar-refractivity contribution in [3.63, 3.8) is 0 Å². The van der Waals surface area contributed by atoms with Crippen molar-refractivity contribution in [2.24, 2.45) is 0 Å². The zero-order chi connectivity index (χ0) is 21.8. The number of benzene rings is 2. The lowest BCUT2D eigenvalue weighted by Crippen LogP contribution is -2.30. The molecule has 0 aliphatic carbocycles. The van der Waals surface area contributed by atoms with Crippen molar-refractivity contribution in [2.75, 3.05) is 10.6 Å². The fourth-order valence-corrected chi connectivity index (χ4v) is 2.70. The summed E-state index contributed by atoms with van der Waals surface area (Å²) in [4.78, 5) is 33.2. The van der Waals surface area contributed by atoms with Gasteiger partial charge in [-0.2, -0.15) is 13.2 Å². The monoisotopic (exact) mass is 449 g/mol. The van der Waals surface area contributed by atoms with Crippen LogP contribution in [0, 0.1) is 10.1 Å². The molecule has 0 aliphatic rings. The standard InChI is InChI=1S/C17H12Cl2F3N3O4/c18-10-3-5-12(11(19)8-10)23-15(26)6-2-9-1-4-13(14(7-9)25(28)29)24-16(27)17(20,21)22/h1,3-5,7-8H,2,6H2,(H,23,26)(H,24,27). The molecule has 29 heavy (non-hydrogen) atoms. The topological polar surface area (TPSA) is 101 Å². The number of nitrogens with zero attached hydrogens (tertiary/aromatic N) is 1. The van der Waals surface area contributed by atoms with Gasteiger partial charge in [0.1, 0.15) is 5.69 Å². The van der Waals surface area contributed by atoms with E-state index < -0.39 is 34.3 Å². The van der Waals surface area contributed by atoms with Crippen LogP contribution in [-0.2, 0) is 16.0 Å². The summed E-state index contributed by atoms with van der Waals surface area (Å²) in [6, 6.07) is 7.73. The van der Waals surface area contributed by atoms with Crippen molar-refractivity contribution < 1.29 is 27.7 Å².